The van der Waals surface area contributed by atoms with Gasteiger partial charge in [-0.15, -0.1) is 0 Å². The van der Waals surface area contributed by atoms with Gasteiger partial charge in [-0.1, -0.05) is 0 Å². The molecule has 4 N–H and O–H groups in total. The van der Waals surface area contributed by atoms with Gasteiger partial charge < -0.3 is 30.7 Å². The van der Waals surface area contributed by atoms with Crippen molar-refractivity contribution in [1.82, 2.24) is 15.1 Å². The average Bonchev–Trinajstić information content (AvgIpc) is 2.70. The number of aliphatic carboxylic acids is 1. The highest BCUT2D eigenvalue weighted by Gasteiger charge is 2.31. The molecule has 0 radical (unpaired) electrons. The Morgan fingerprint density at radius 1 is 1.09 bits per heavy atom. The van der Waals surface area contributed by atoms with Crippen molar-refractivity contribution in [2.75, 3.05) is 26.2 Å². The molecule has 3 amide bonds. The molecule has 2 heterocycles. The van der Waals surface area contributed by atoms with E-state index in [1.807, 2.05) is 20.8 Å². The van der Waals surface area contributed by atoms with Gasteiger partial charge >= 0.3 is 12.1 Å². The summed E-state index contributed by atoms with van der Waals surface area (Å²) in [5, 5.41) is 11.3. The van der Waals surface area contributed by atoms with Crippen molar-refractivity contribution >= 4 is 23.9 Å². The zero-order valence-corrected chi connectivity index (χ0v) is 19.5. The zero-order valence-electron chi connectivity index (χ0n) is 19.5. The van der Waals surface area contributed by atoms with Crippen molar-refractivity contribution in [3.8, 4) is 0 Å². The van der Waals surface area contributed by atoms with Crippen LogP contribution in [0.25, 0.3) is 0 Å². The number of carbonyl (C=O) groups excluding carboxylic acids is 3. The Morgan fingerprint density at radius 2 is 1.75 bits per heavy atom. The summed E-state index contributed by atoms with van der Waals surface area (Å²) in [6.07, 6.45) is 2.70. The maximum Gasteiger partial charge on any atom is 0.410 e. The fourth-order valence-electron chi connectivity index (χ4n) is 4.17. The van der Waals surface area contributed by atoms with Crippen LogP contribution in [-0.4, -0.2) is 76.7 Å². The topological polar surface area (TPSA) is 142 Å². The van der Waals surface area contributed by atoms with Crippen molar-refractivity contribution in [3.63, 3.8) is 0 Å². The summed E-state index contributed by atoms with van der Waals surface area (Å²) in [5.74, 6) is -1.33. The molecule has 0 aliphatic carbocycles. The van der Waals surface area contributed by atoms with Gasteiger partial charge in [0.2, 0.25) is 11.8 Å². The molecule has 2 atom stereocenters. The number of nitrogens with two attached hydrogens (primary N) is 1. The summed E-state index contributed by atoms with van der Waals surface area (Å²) < 4.78 is 5.42. The Morgan fingerprint density at radius 3 is 2.34 bits per heavy atom. The molecule has 0 spiro atoms. The van der Waals surface area contributed by atoms with Crippen LogP contribution in [0.5, 0.6) is 0 Å². The van der Waals surface area contributed by atoms with Gasteiger partial charge in [0.15, 0.2) is 0 Å². The first kappa shape index (κ1) is 25.9. The molecule has 182 valence electrons. The summed E-state index contributed by atoms with van der Waals surface area (Å²) in [6.45, 7) is 7.78. The van der Waals surface area contributed by atoms with Gasteiger partial charge in [0.1, 0.15) is 5.60 Å². The number of nitrogens with zero attached hydrogens (tertiary/aromatic N) is 2. The molecule has 2 saturated heterocycles. The fourth-order valence-corrected chi connectivity index (χ4v) is 4.17. The van der Waals surface area contributed by atoms with E-state index in [2.05, 4.69) is 5.32 Å². The van der Waals surface area contributed by atoms with Crippen LogP contribution >= 0.6 is 0 Å². The summed E-state index contributed by atoms with van der Waals surface area (Å²) >= 11 is 0. The van der Waals surface area contributed by atoms with Crippen molar-refractivity contribution in [2.45, 2.75) is 77.5 Å². The third-order valence-electron chi connectivity index (χ3n) is 5.90. The maximum atomic E-state index is 12.7. The zero-order chi connectivity index (χ0) is 23.9. The first-order valence-electron chi connectivity index (χ1n) is 11.5. The third-order valence-corrected chi connectivity index (χ3v) is 5.90. The SMILES string of the molecule is CC(C)(C)OC(=O)N1CCC(CCC(=O)N2CCC[C@@H](C(=O)N[C@H](N)CC(=O)O)C2)CC1. The van der Waals surface area contributed by atoms with E-state index in [-0.39, 0.29) is 30.2 Å². The normalized spacial score (nSPS) is 21.1. The van der Waals surface area contributed by atoms with Crippen molar-refractivity contribution < 1.29 is 29.0 Å². The molecule has 0 aromatic heterocycles. The Labute approximate surface area is 189 Å². The predicted octanol–water partition coefficient (Wildman–Crippen LogP) is 1.53. The molecule has 0 aromatic carbocycles. The number of carbonyl (C=O) groups is 4. The molecule has 0 saturated carbocycles. The van der Waals surface area contributed by atoms with Gasteiger partial charge in [0, 0.05) is 32.6 Å². The lowest BCUT2D eigenvalue weighted by molar-refractivity contribution is -0.137. The van der Waals surface area contributed by atoms with Crippen LogP contribution in [0.2, 0.25) is 0 Å². The molecule has 2 rings (SSSR count). The van der Waals surface area contributed by atoms with Gasteiger partial charge in [-0.05, 0) is 58.8 Å². The largest absolute Gasteiger partial charge is 0.481 e. The fraction of sp³-hybridized carbons (Fsp3) is 0.818. The van der Waals surface area contributed by atoms with E-state index >= 15 is 0 Å². The Bertz CT molecular complexity index is 684. The van der Waals surface area contributed by atoms with E-state index in [0.717, 1.165) is 25.7 Å². The van der Waals surface area contributed by atoms with E-state index in [0.29, 0.717) is 44.9 Å². The molecule has 32 heavy (non-hydrogen) atoms. The molecule has 10 heteroatoms. The van der Waals surface area contributed by atoms with Crippen LogP contribution < -0.4 is 11.1 Å². The van der Waals surface area contributed by atoms with Crippen LogP contribution in [0.4, 0.5) is 4.79 Å². The monoisotopic (exact) mass is 454 g/mol. The number of nitrogens with one attached hydrogen (secondary N) is 1. The van der Waals surface area contributed by atoms with E-state index in [1.165, 1.54) is 0 Å². The molecule has 10 nitrogen and oxygen atoms in total. The second kappa shape index (κ2) is 11.5. The summed E-state index contributed by atoms with van der Waals surface area (Å²) in [6, 6.07) is 0. The average molecular weight is 455 g/mol. The number of rotatable bonds is 7. The summed E-state index contributed by atoms with van der Waals surface area (Å²) in [5.41, 5.74) is 5.13. The van der Waals surface area contributed by atoms with E-state index in [1.54, 1.807) is 9.80 Å². The van der Waals surface area contributed by atoms with E-state index in [9.17, 15) is 19.2 Å². The molecule has 2 fully saturated rings. The lowest BCUT2D eigenvalue weighted by Gasteiger charge is -2.34. The minimum Gasteiger partial charge on any atom is -0.481 e. The molecule has 2 aliphatic rings. The molecular weight excluding hydrogens is 416 g/mol. The van der Waals surface area contributed by atoms with Crippen LogP contribution in [-0.2, 0) is 19.1 Å². The van der Waals surface area contributed by atoms with Gasteiger partial charge in [-0.3, -0.25) is 14.4 Å². The minimum absolute atomic E-state index is 0.0342. The number of carboxylic acids is 1. The predicted molar refractivity (Wildman–Crippen MR) is 117 cm³/mol. The Kier molecular flexibility index (Phi) is 9.30. The molecule has 2 aliphatic heterocycles. The first-order valence-corrected chi connectivity index (χ1v) is 11.5. The van der Waals surface area contributed by atoms with Gasteiger partial charge in [-0.2, -0.15) is 0 Å². The summed E-state index contributed by atoms with van der Waals surface area (Å²) in [7, 11) is 0. The standard InChI is InChI=1S/C22H38N4O6/c1-22(2,3)32-21(31)25-11-8-15(9-12-25)6-7-18(27)26-10-4-5-16(14-26)20(30)24-17(23)13-19(28)29/h15-17H,4-14,23H2,1-3H3,(H,24,30)(H,28,29)/t16-,17+/m1/s1. The number of ether oxygens (including phenoxy) is 1. The smallest absolute Gasteiger partial charge is 0.410 e. The second-order valence-electron chi connectivity index (χ2n) is 9.84. The van der Waals surface area contributed by atoms with Crippen LogP contribution in [0.3, 0.4) is 0 Å². The molecule has 0 bridgehead atoms. The molecule has 0 unspecified atom stereocenters. The van der Waals surface area contributed by atoms with Crippen LogP contribution in [0, 0.1) is 11.8 Å². The van der Waals surface area contributed by atoms with E-state index in [4.69, 9.17) is 15.6 Å². The highest BCUT2D eigenvalue weighted by atomic mass is 16.6. The summed E-state index contributed by atoms with van der Waals surface area (Å²) in [4.78, 5) is 51.4. The third kappa shape index (κ3) is 8.64. The number of piperidine rings is 2. The first-order chi connectivity index (χ1) is 14.9. The number of carboxylic acid groups (broad SMARTS) is 1. The van der Waals surface area contributed by atoms with Crippen LogP contribution in [0.15, 0.2) is 0 Å². The Balaban J connectivity index is 1.72. The maximum absolute atomic E-state index is 12.7. The van der Waals surface area contributed by atoms with Crippen molar-refractivity contribution in [1.29, 1.82) is 0 Å². The van der Waals surface area contributed by atoms with Gasteiger partial charge in [0.25, 0.3) is 0 Å². The minimum atomic E-state index is -1.07. The molecular formula is C22H38N4O6. The second-order valence-corrected chi connectivity index (χ2v) is 9.84. The van der Waals surface area contributed by atoms with Crippen molar-refractivity contribution in [2.24, 2.45) is 17.6 Å². The number of hydrogen-bond acceptors (Lipinski definition) is 6. The lowest BCUT2D eigenvalue weighted by Crippen LogP contribution is -2.50. The highest BCUT2D eigenvalue weighted by molar-refractivity contribution is 5.82. The van der Waals surface area contributed by atoms with Gasteiger partial charge in [-0.25, -0.2) is 4.79 Å². The van der Waals surface area contributed by atoms with Gasteiger partial charge in [0.05, 0.1) is 18.5 Å². The highest BCUT2D eigenvalue weighted by Crippen LogP contribution is 2.25. The number of hydrogen-bond donors (Lipinski definition) is 3. The molecule has 0 aromatic rings. The van der Waals surface area contributed by atoms with Crippen molar-refractivity contribution in [3.05, 3.63) is 0 Å². The number of amides is 3. The lowest BCUT2D eigenvalue weighted by atomic mass is 9.91. The van der Waals surface area contributed by atoms with E-state index < -0.39 is 17.7 Å². The Hall–Kier alpha value is -2.36. The van der Waals surface area contributed by atoms with Crippen LogP contribution in [0.1, 0.15) is 65.7 Å². The quantitative estimate of drug-likeness (QED) is 0.495. The number of likely N-dealkylation sites (tertiary alicyclic amines) is 2.